The molecular formula is C13H10O2S3. The lowest BCUT2D eigenvalue weighted by Crippen LogP contribution is -2.01. The van der Waals surface area contributed by atoms with Gasteiger partial charge in [-0.2, -0.15) is 0 Å². The van der Waals surface area contributed by atoms with E-state index in [-0.39, 0.29) is 5.56 Å². The van der Waals surface area contributed by atoms with Crippen LogP contribution in [0.15, 0.2) is 51.1 Å². The third-order valence-electron chi connectivity index (χ3n) is 2.53. The molecule has 2 rings (SSSR count). The molecule has 0 radical (unpaired) electrons. The van der Waals surface area contributed by atoms with Crippen molar-refractivity contribution in [1.82, 2.24) is 0 Å². The highest BCUT2D eigenvalue weighted by atomic mass is 32.1. The molecule has 2 aromatic carbocycles. The molecule has 0 aliphatic carbocycles. The number of carboxylic acid groups (broad SMARTS) is 1. The topological polar surface area (TPSA) is 37.3 Å². The molecule has 0 bridgehead atoms. The van der Waals surface area contributed by atoms with Gasteiger partial charge in [-0.15, -0.1) is 37.9 Å². The van der Waals surface area contributed by atoms with Crippen molar-refractivity contribution < 1.29 is 9.90 Å². The standard InChI is InChI=1S/C13H10O2S3/c14-13(15)12-9(2-1-3-10(12)17)8-5-4-7(16)6-11(8)18/h1-6,16-18H,(H,14,15). The molecule has 0 aromatic heterocycles. The molecule has 92 valence electrons. The first-order chi connectivity index (χ1) is 8.50. The van der Waals surface area contributed by atoms with Gasteiger partial charge in [0.2, 0.25) is 0 Å². The van der Waals surface area contributed by atoms with Crippen molar-refractivity contribution in [1.29, 1.82) is 0 Å². The van der Waals surface area contributed by atoms with E-state index in [0.717, 1.165) is 10.5 Å². The third kappa shape index (κ3) is 2.53. The number of aromatic carboxylic acids is 1. The molecule has 5 heteroatoms. The van der Waals surface area contributed by atoms with Crippen LogP contribution in [0, 0.1) is 0 Å². The molecular weight excluding hydrogens is 284 g/mol. The van der Waals surface area contributed by atoms with Crippen LogP contribution in [0.4, 0.5) is 0 Å². The van der Waals surface area contributed by atoms with Gasteiger partial charge in [0, 0.05) is 14.7 Å². The van der Waals surface area contributed by atoms with Crippen LogP contribution in [-0.4, -0.2) is 11.1 Å². The highest BCUT2D eigenvalue weighted by Crippen LogP contribution is 2.33. The number of carbonyl (C=O) groups is 1. The SMILES string of the molecule is O=C(O)c1c(S)cccc1-c1ccc(S)cc1S. The number of carboxylic acids is 1. The summed E-state index contributed by atoms with van der Waals surface area (Å²) in [5.41, 5.74) is 1.54. The van der Waals surface area contributed by atoms with Crippen LogP contribution in [-0.2, 0) is 0 Å². The predicted molar refractivity (Wildman–Crippen MR) is 80.6 cm³/mol. The maximum atomic E-state index is 11.3. The van der Waals surface area contributed by atoms with Gasteiger partial charge in [0.05, 0.1) is 5.56 Å². The summed E-state index contributed by atoms with van der Waals surface area (Å²) < 4.78 is 0. The Balaban J connectivity index is 2.71. The first-order valence-electron chi connectivity index (χ1n) is 5.08. The predicted octanol–water partition coefficient (Wildman–Crippen LogP) is 3.92. The maximum absolute atomic E-state index is 11.3. The van der Waals surface area contributed by atoms with Crippen molar-refractivity contribution in [3.63, 3.8) is 0 Å². The Kier molecular flexibility index (Phi) is 3.94. The zero-order chi connectivity index (χ0) is 13.3. The van der Waals surface area contributed by atoms with E-state index in [2.05, 4.69) is 37.9 Å². The van der Waals surface area contributed by atoms with Crippen LogP contribution in [0.3, 0.4) is 0 Å². The van der Waals surface area contributed by atoms with Gasteiger partial charge in [0.1, 0.15) is 0 Å². The van der Waals surface area contributed by atoms with Gasteiger partial charge < -0.3 is 5.11 Å². The number of thiol groups is 3. The number of hydrogen-bond acceptors (Lipinski definition) is 4. The van der Waals surface area contributed by atoms with E-state index in [1.54, 1.807) is 36.4 Å². The number of rotatable bonds is 2. The molecule has 0 fully saturated rings. The van der Waals surface area contributed by atoms with Gasteiger partial charge in [0.25, 0.3) is 0 Å². The monoisotopic (exact) mass is 294 g/mol. The summed E-state index contributed by atoms with van der Waals surface area (Å²) in [7, 11) is 0. The zero-order valence-electron chi connectivity index (χ0n) is 9.16. The van der Waals surface area contributed by atoms with E-state index in [9.17, 15) is 9.90 Å². The minimum atomic E-state index is -1.00. The van der Waals surface area contributed by atoms with E-state index >= 15 is 0 Å². The van der Waals surface area contributed by atoms with E-state index < -0.39 is 5.97 Å². The molecule has 18 heavy (non-hydrogen) atoms. The summed E-state index contributed by atoms with van der Waals surface area (Å²) in [5.74, 6) is -1.00. The van der Waals surface area contributed by atoms with Gasteiger partial charge in [-0.3, -0.25) is 0 Å². The Labute approximate surface area is 121 Å². The molecule has 0 aliphatic rings. The van der Waals surface area contributed by atoms with E-state index in [1.807, 2.05) is 0 Å². The fourth-order valence-electron chi connectivity index (χ4n) is 1.74. The fraction of sp³-hybridized carbons (Fsp3) is 0. The summed E-state index contributed by atoms with van der Waals surface area (Å²) in [5, 5.41) is 9.26. The minimum Gasteiger partial charge on any atom is -0.478 e. The lowest BCUT2D eigenvalue weighted by atomic mass is 9.99. The maximum Gasteiger partial charge on any atom is 0.337 e. The Morgan fingerprint density at radius 1 is 0.944 bits per heavy atom. The highest BCUT2D eigenvalue weighted by Gasteiger charge is 2.16. The number of hydrogen-bond donors (Lipinski definition) is 4. The lowest BCUT2D eigenvalue weighted by molar-refractivity contribution is 0.0694. The van der Waals surface area contributed by atoms with Gasteiger partial charge >= 0.3 is 5.97 Å². The quantitative estimate of drug-likeness (QED) is 0.634. The van der Waals surface area contributed by atoms with E-state index in [1.165, 1.54) is 0 Å². The first kappa shape index (κ1) is 13.4. The first-order valence-corrected chi connectivity index (χ1v) is 6.42. The van der Waals surface area contributed by atoms with Gasteiger partial charge in [-0.25, -0.2) is 4.79 Å². The molecule has 0 unspecified atom stereocenters. The van der Waals surface area contributed by atoms with Crippen molar-refractivity contribution in [2.45, 2.75) is 14.7 Å². The van der Waals surface area contributed by atoms with Crippen LogP contribution in [0.25, 0.3) is 11.1 Å². The lowest BCUT2D eigenvalue weighted by Gasteiger charge is -2.11. The Hall–Kier alpha value is -1.04. The molecule has 0 saturated carbocycles. The molecule has 0 heterocycles. The summed E-state index contributed by atoms with van der Waals surface area (Å²) in [4.78, 5) is 13.2. The van der Waals surface area contributed by atoms with Gasteiger partial charge in [-0.05, 0) is 29.3 Å². The van der Waals surface area contributed by atoms with Gasteiger partial charge in [0.15, 0.2) is 0 Å². The van der Waals surface area contributed by atoms with Crippen molar-refractivity contribution in [2.75, 3.05) is 0 Å². The highest BCUT2D eigenvalue weighted by molar-refractivity contribution is 7.81. The zero-order valence-corrected chi connectivity index (χ0v) is 11.8. The summed E-state index contributed by atoms with van der Waals surface area (Å²) in [6.45, 7) is 0. The summed E-state index contributed by atoms with van der Waals surface area (Å²) in [6.07, 6.45) is 0. The molecule has 2 nitrogen and oxygen atoms in total. The summed E-state index contributed by atoms with van der Waals surface area (Å²) in [6, 6.07) is 10.6. The Bertz CT molecular complexity index is 624. The van der Waals surface area contributed by atoms with Crippen LogP contribution >= 0.6 is 37.9 Å². The van der Waals surface area contributed by atoms with Crippen LogP contribution in [0.1, 0.15) is 10.4 Å². The molecule has 0 atom stereocenters. The molecule has 0 amide bonds. The Morgan fingerprint density at radius 2 is 1.67 bits per heavy atom. The second-order valence-corrected chi connectivity index (χ2v) is 5.19. The second kappa shape index (κ2) is 5.30. The molecule has 2 aromatic rings. The minimum absolute atomic E-state index is 0.183. The molecule has 0 aliphatic heterocycles. The molecule has 1 N–H and O–H groups in total. The molecule has 0 spiro atoms. The average molecular weight is 294 g/mol. The third-order valence-corrected chi connectivity index (χ3v) is 3.55. The van der Waals surface area contributed by atoms with Crippen LogP contribution in [0.2, 0.25) is 0 Å². The number of benzene rings is 2. The van der Waals surface area contributed by atoms with E-state index in [4.69, 9.17) is 0 Å². The van der Waals surface area contributed by atoms with Crippen LogP contribution < -0.4 is 0 Å². The van der Waals surface area contributed by atoms with Crippen molar-refractivity contribution in [2.24, 2.45) is 0 Å². The average Bonchev–Trinajstić information content (AvgIpc) is 2.28. The normalized spacial score (nSPS) is 10.4. The van der Waals surface area contributed by atoms with Crippen molar-refractivity contribution in [3.05, 3.63) is 42.0 Å². The fourth-order valence-corrected chi connectivity index (χ4v) is 2.68. The molecule has 0 saturated heterocycles. The van der Waals surface area contributed by atoms with Crippen molar-refractivity contribution in [3.8, 4) is 11.1 Å². The van der Waals surface area contributed by atoms with Crippen LogP contribution in [0.5, 0.6) is 0 Å². The Morgan fingerprint density at radius 3 is 2.28 bits per heavy atom. The van der Waals surface area contributed by atoms with Crippen molar-refractivity contribution >= 4 is 43.9 Å². The van der Waals surface area contributed by atoms with E-state index in [0.29, 0.717) is 15.4 Å². The van der Waals surface area contributed by atoms with Gasteiger partial charge in [-0.1, -0.05) is 18.2 Å². The summed E-state index contributed by atoms with van der Waals surface area (Å²) >= 11 is 12.8. The second-order valence-electron chi connectivity index (χ2n) is 3.71. The largest absolute Gasteiger partial charge is 0.478 e. The smallest absolute Gasteiger partial charge is 0.337 e.